The Hall–Kier alpha value is 0.870. The zero-order valence-corrected chi connectivity index (χ0v) is 7.89. The van der Waals surface area contributed by atoms with E-state index >= 15 is 0 Å². The number of hydrogen-bond donors (Lipinski definition) is 0. The molecule has 0 aromatic rings. The van der Waals surface area contributed by atoms with Crippen LogP contribution >= 0.6 is 34.8 Å². The summed E-state index contributed by atoms with van der Waals surface area (Å²) in [6.07, 6.45) is 1.85. The standard InChI is InChI=1S/C6H11Cl3/c1-3-5(4-2)6(7,8)9/h5H,3-4H2,1-2H3. The summed E-state index contributed by atoms with van der Waals surface area (Å²) >= 11 is 16.9. The van der Waals surface area contributed by atoms with Gasteiger partial charge in [-0.1, -0.05) is 48.7 Å². The molecule has 0 aliphatic rings. The van der Waals surface area contributed by atoms with Gasteiger partial charge in [-0.15, -0.1) is 0 Å². The van der Waals surface area contributed by atoms with E-state index in [9.17, 15) is 0 Å². The third kappa shape index (κ3) is 3.54. The highest BCUT2D eigenvalue weighted by molar-refractivity contribution is 6.67. The van der Waals surface area contributed by atoms with Crippen LogP contribution < -0.4 is 0 Å². The fourth-order valence-electron chi connectivity index (χ4n) is 0.752. The van der Waals surface area contributed by atoms with Crippen molar-refractivity contribution in [1.29, 1.82) is 0 Å². The molecule has 0 aliphatic carbocycles. The Balaban J connectivity index is 3.79. The van der Waals surface area contributed by atoms with E-state index < -0.39 is 3.79 Å². The predicted molar refractivity (Wildman–Crippen MR) is 44.4 cm³/mol. The molecule has 0 aromatic heterocycles. The molecule has 0 saturated heterocycles. The van der Waals surface area contributed by atoms with E-state index in [4.69, 9.17) is 34.8 Å². The molecule has 9 heavy (non-hydrogen) atoms. The van der Waals surface area contributed by atoms with Crippen LogP contribution in [0.15, 0.2) is 0 Å². The smallest absolute Gasteiger partial charge is 0.0834 e. The van der Waals surface area contributed by atoms with Crippen molar-refractivity contribution in [3.8, 4) is 0 Å². The maximum absolute atomic E-state index is 5.63. The van der Waals surface area contributed by atoms with Gasteiger partial charge in [-0.3, -0.25) is 0 Å². The Morgan fingerprint density at radius 2 is 1.44 bits per heavy atom. The summed E-state index contributed by atoms with van der Waals surface area (Å²) in [5.74, 6) is 0.197. The van der Waals surface area contributed by atoms with E-state index in [1.807, 2.05) is 13.8 Å². The SMILES string of the molecule is CCC(CC)C(Cl)(Cl)Cl. The Morgan fingerprint density at radius 1 is 1.11 bits per heavy atom. The minimum Gasteiger partial charge on any atom is -0.0834 e. The molecule has 3 heteroatoms. The second kappa shape index (κ2) is 3.90. The second-order valence-electron chi connectivity index (χ2n) is 2.06. The summed E-state index contributed by atoms with van der Waals surface area (Å²) in [6.45, 7) is 4.05. The van der Waals surface area contributed by atoms with E-state index in [1.165, 1.54) is 0 Å². The first-order valence-corrected chi connectivity index (χ1v) is 4.22. The maximum Gasteiger partial charge on any atom is 0.193 e. The van der Waals surface area contributed by atoms with E-state index in [0.29, 0.717) is 0 Å². The molecule has 0 bridgehead atoms. The Kier molecular flexibility index (Phi) is 4.28. The molecule has 56 valence electrons. The Labute approximate surface area is 71.5 Å². The average Bonchev–Trinajstić information content (AvgIpc) is 1.65. The summed E-state index contributed by atoms with van der Waals surface area (Å²) in [5, 5.41) is 0. The molecule has 0 fully saturated rings. The van der Waals surface area contributed by atoms with Crippen LogP contribution in [0.25, 0.3) is 0 Å². The minimum atomic E-state index is -1.07. The normalized spacial score (nSPS) is 12.7. The molecule has 0 N–H and O–H groups in total. The number of alkyl halides is 3. The van der Waals surface area contributed by atoms with Gasteiger partial charge >= 0.3 is 0 Å². The van der Waals surface area contributed by atoms with Crippen molar-refractivity contribution in [2.24, 2.45) is 5.92 Å². The molecule has 0 atom stereocenters. The molecule has 0 heterocycles. The van der Waals surface area contributed by atoms with Crippen molar-refractivity contribution in [3.05, 3.63) is 0 Å². The fourth-order valence-corrected chi connectivity index (χ4v) is 1.68. The van der Waals surface area contributed by atoms with Crippen molar-refractivity contribution < 1.29 is 0 Å². The molecular weight excluding hydrogens is 178 g/mol. The van der Waals surface area contributed by atoms with Crippen molar-refractivity contribution >= 4 is 34.8 Å². The molecule has 0 nitrogen and oxygen atoms in total. The van der Waals surface area contributed by atoms with Gasteiger partial charge in [0.15, 0.2) is 3.79 Å². The van der Waals surface area contributed by atoms with E-state index in [-0.39, 0.29) is 5.92 Å². The van der Waals surface area contributed by atoms with Crippen LogP contribution in [0.1, 0.15) is 26.7 Å². The summed E-state index contributed by atoms with van der Waals surface area (Å²) in [7, 11) is 0. The van der Waals surface area contributed by atoms with E-state index in [1.54, 1.807) is 0 Å². The van der Waals surface area contributed by atoms with Crippen LogP contribution in [0.5, 0.6) is 0 Å². The highest BCUT2D eigenvalue weighted by Gasteiger charge is 2.28. The van der Waals surface area contributed by atoms with Crippen LogP contribution in [0.4, 0.5) is 0 Å². The van der Waals surface area contributed by atoms with Crippen LogP contribution in [0.2, 0.25) is 0 Å². The van der Waals surface area contributed by atoms with Gasteiger partial charge in [0.1, 0.15) is 0 Å². The lowest BCUT2D eigenvalue weighted by molar-refractivity contribution is 0.503. The van der Waals surface area contributed by atoms with Crippen LogP contribution in [-0.2, 0) is 0 Å². The number of halogens is 3. The fraction of sp³-hybridized carbons (Fsp3) is 1.00. The maximum atomic E-state index is 5.63. The number of rotatable bonds is 2. The van der Waals surface area contributed by atoms with Gasteiger partial charge < -0.3 is 0 Å². The first-order chi connectivity index (χ1) is 4.02. The summed E-state index contributed by atoms with van der Waals surface area (Å²) in [4.78, 5) is 0. The van der Waals surface area contributed by atoms with Gasteiger partial charge in [0.25, 0.3) is 0 Å². The van der Waals surface area contributed by atoms with Gasteiger partial charge in [-0.2, -0.15) is 0 Å². The molecule has 0 saturated carbocycles. The molecule has 0 amide bonds. The first kappa shape index (κ1) is 9.87. The van der Waals surface area contributed by atoms with Gasteiger partial charge in [-0.25, -0.2) is 0 Å². The Bertz CT molecular complexity index is 70.9. The van der Waals surface area contributed by atoms with Crippen molar-refractivity contribution in [3.63, 3.8) is 0 Å². The lowest BCUT2D eigenvalue weighted by Gasteiger charge is -2.20. The van der Waals surface area contributed by atoms with Crippen LogP contribution in [-0.4, -0.2) is 3.79 Å². The third-order valence-electron chi connectivity index (χ3n) is 1.45. The van der Waals surface area contributed by atoms with Crippen LogP contribution in [0, 0.1) is 5.92 Å². The van der Waals surface area contributed by atoms with Crippen LogP contribution in [0.3, 0.4) is 0 Å². The second-order valence-corrected chi connectivity index (χ2v) is 4.42. The molecule has 0 radical (unpaired) electrons. The van der Waals surface area contributed by atoms with E-state index in [0.717, 1.165) is 12.8 Å². The Morgan fingerprint density at radius 3 is 1.44 bits per heavy atom. The predicted octanol–water partition coefficient (Wildman–Crippen LogP) is 3.79. The zero-order valence-electron chi connectivity index (χ0n) is 5.63. The quantitative estimate of drug-likeness (QED) is 0.580. The first-order valence-electron chi connectivity index (χ1n) is 3.09. The van der Waals surface area contributed by atoms with Gasteiger partial charge in [0, 0.05) is 5.92 Å². The summed E-state index contributed by atoms with van der Waals surface area (Å²) in [6, 6.07) is 0. The van der Waals surface area contributed by atoms with Crippen molar-refractivity contribution in [2.45, 2.75) is 30.5 Å². The molecule has 0 aromatic carbocycles. The molecule has 0 rings (SSSR count). The molecule has 0 aliphatic heterocycles. The van der Waals surface area contributed by atoms with Gasteiger partial charge in [0.2, 0.25) is 0 Å². The molecular formula is C6H11Cl3. The topological polar surface area (TPSA) is 0 Å². The summed E-state index contributed by atoms with van der Waals surface area (Å²) < 4.78 is -1.07. The zero-order chi connectivity index (χ0) is 7.49. The third-order valence-corrected chi connectivity index (χ3v) is 2.37. The monoisotopic (exact) mass is 188 g/mol. The molecule has 0 unspecified atom stereocenters. The van der Waals surface area contributed by atoms with Crippen molar-refractivity contribution in [1.82, 2.24) is 0 Å². The summed E-state index contributed by atoms with van der Waals surface area (Å²) in [5.41, 5.74) is 0. The lowest BCUT2D eigenvalue weighted by Crippen LogP contribution is -2.16. The molecule has 0 spiro atoms. The highest BCUT2D eigenvalue weighted by Crippen LogP contribution is 2.38. The van der Waals surface area contributed by atoms with Gasteiger partial charge in [0.05, 0.1) is 0 Å². The average molecular weight is 190 g/mol. The lowest BCUT2D eigenvalue weighted by atomic mass is 10.1. The van der Waals surface area contributed by atoms with Gasteiger partial charge in [-0.05, 0) is 12.8 Å². The number of hydrogen-bond acceptors (Lipinski definition) is 0. The highest BCUT2D eigenvalue weighted by atomic mass is 35.6. The minimum absolute atomic E-state index is 0.197. The van der Waals surface area contributed by atoms with Crippen molar-refractivity contribution in [2.75, 3.05) is 0 Å². The van der Waals surface area contributed by atoms with E-state index in [2.05, 4.69) is 0 Å². The largest absolute Gasteiger partial charge is 0.193 e.